The van der Waals surface area contributed by atoms with Gasteiger partial charge in [-0.3, -0.25) is 14.4 Å². The Morgan fingerprint density at radius 2 is 1.69 bits per heavy atom. The highest BCUT2D eigenvalue weighted by molar-refractivity contribution is 7.92. The normalized spacial score (nSPS) is 17.2. The molecule has 7 rings (SSSR count). The van der Waals surface area contributed by atoms with Crippen molar-refractivity contribution in [2.45, 2.75) is 142 Å². The molecule has 3 aromatic carbocycles. The summed E-state index contributed by atoms with van der Waals surface area (Å²) in [5, 5.41) is 19.7. The van der Waals surface area contributed by atoms with Gasteiger partial charge in [-0.05, 0) is 145 Å². The van der Waals surface area contributed by atoms with Gasteiger partial charge in [-0.25, -0.2) is 23.4 Å². The first-order valence-electron chi connectivity index (χ1n) is 25.8. The predicted molar refractivity (Wildman–Crippen MR) is 298 cm³/mol. The van der Waals surface area contributed by atoms with E-state index in [1.807, 2.05) is 71.3 Å². The second kappa shape index (κ2) is 24.9. The standard InChI is InChI=1S/C56H72ClN9O7S2/c1-34(2)73-48-28-42(36(5)26-46(48)63-55-60-31-44(57)52(64-55)62-45-14-10-11-15-49(45)75(71,72)35(3)4)39-21-24-65(25-22-39)23-13-12-16-50(68)58-30-43(56(7,8)9)54(70)66-32-41(67)27-47(66)53(69)59-29-38-17-19-40(20-18-38)51-37(6)61-33-74-51/h10-11,14-15,17-20,26,28,30-31,33-35,39,41,43,47,67H,12-13,16,21-25,27,29,32H2,1-9H3,(H,59,69)(H2,60,62,63,64)/t41-,43?,47+/m1/s1. The quantitative estimate of drug-likeness (QED) is 0.0423. The van der Waals surface area contributed by atoms with Gasteiger partial charge in [0.25, 0.3) is 0 Å². The molecule has 75 heavy (non-hydrogen) atoms. The first-order chi connectivity index (χ1) is 35.6. The van der Waals surface area contributed by atoms with Crippen molar-refractivity contribution in [2.75, 3.05) is 36.8 Å². The average Bonchev–Trinajstić information content (AvgIpc) is 3.98. The van der Waals surface area contributed by atoms with Crippen molar-refractivity contribution in [2.24, 2.45) is 16.3 Å². The van der Waals surface area contributed by atoms with Crippen molar-refractivity contribution in [1.82, 2.24) is 30.1 Å². The number of ether oxygens (including phenoxy) is 1. The molecule has 0 aliphatic carbocycles. The van der Waals surface area contributed by atoms with E-state index in [1.54, 1.807) is 49.4 Å². The summed E-state index contributed by atoms with van der Waals surface area (Å²) < 4.78 is 32.6. The second-order valence-electron chi connectivity index (χ2n) is 21.3. The molecule has 3 amide bonds. The van der Waals surface area contributed by atoms with Crippen LogP contribution in [0.1, 0.15) is 115 Å². The number of piperidine rings is 1. The van der Waals surface area contributed by atoms with Crippen LogP contribution in [0.4, 0.5) is 23.1 Å². The summed E-state index contributed by atoms with van der Waals surface area (Å²) in [5.41, 5.74) is 7.52. The fraction of sp³-hybridized carbons (Fsp3) is 0.482. The summed E-state index contributed by atoms with van der Waals surface area (Å²) in [7, 11) is -3.59. The number of aliphatic hydroxyl groups is 1. The molecule has 4 heterocycles. The van der Waals surface area contributed by atoms with Gasteiger partial charge in [0.2, 0.25) is 23.7 Å². The summed E-state index contributed by atoms with van der Waals surface area (Å²) in [6.45, 7) is 20.0. The topological polar surface area (TPSA) is 208 Å². The largest absolute Gasteiger partial charge is 0.489 e. The summed E-state index contributed by atoms with van der Waals surface area (Å²) in [6.07, 6.45) is 5.74. The number of likely N-dealkylation sites (tertiary alicyclic amines) is 2. The number of halogens is 1. The van der Waals surface area contributed by atoms with Gasteiger partial charge >= 0.3 is 0 Å². The Labute approximate surface area is 451 Å². The molecule has 2 aromatic heterocycles. The number of aryl methyl sites for hydroxylation is 2. The Balaban J connectivity index is 0.892. The number of β-amino-alcohol motifs (C(OH)–C–C–N with tert-alkyl or cyclic N) is 1. The number of carbonyl (C=O) groups excluding carboxylic acids is 3. The molecule has 0 bridgehead atoms. The third-order valence-electron chi connectivity index (χ3n) is 13.8. The molecule has 1 unspecified atom stereocenters. The third-order valence-corrected chi connectivity index (χ3v) is 17.3. The maximum Gasteiger partial charge on any atom is 0.245 e. The molecule has 5 aromatic rings. The Morgan fingerprint density at radius 1 is 0.973 bits per heavy atom. The van der Waals surface area contributed by atoms with Crippen LogP contribution >= 0.6 is 22.9 Å². The van der Waals surface area contributed by atoms with E-state index in [0.29, 0.717) is 29.5 Å². The number of hydrogen-bond acceptors (Lipinski definition) is 14. The smallest absolute Gasteiger partial charge is 0.245 e. The van der Waals surface area contributed by atoms with Crippen molar-refractivity contribution in [3.8, 4) is 16.2 Å². The number of thiazole rings is 1. The molecule has 0 radical (unpaired) electrons. The average molecular weight is 1080 g/mol. The molecular weight excluding hydrogens is 1010 g/mol. The van der Waals surface area contributed by atoms with Crippen molar-refractivity contribution >= 4 is 79.9 Å². The molecule has 2 fully saturated rings. The van der Waals surface area contributed by atoms with E-state index in [4.69, 9.17) is 16.3 Å². The number of hydrogen-bond donors (Lipinski definition) is 4. The molecule has 0 spiro atoms. The number of para-hydroxylation sites is 1. The number of rotatable bonds is 20. The molecule has 402 valence electrons. The molecular formula is C56H72ClN9O7S2. The summed E-state index contributed by atoms with van der Waals surface area (Å²) >= 11 is 8.11. The van der Waals surface area contributed by atoms with Crippen LogP contribution in [0.15, 0.2) is 82.3 Å². The van der Waals surface area contributed by atoms with Crippen LogP contribution in [0.3, 0.4) is 0 Å². The second-order valence-corrected chi connectivity index (χ2v) is 25.0. The maximum absolute atomic E-state index is 14.1. The lowest BCUT2D eigenvalue weighted by atomic mass is 9.80. The first kappa shape index (κ1) is 56.9. The Bertz CT molecular complexity index is 2950. The molecule has 19 heteroatoms. The predicted octanol–water partition coefficient (Wildman–Crippen LogP) is 10.2. The summed E-state index contributed by atoms with van der Waals surface area (Å²) in [6, 6.07) is 17.9. The zero-order valence-electron chi connectivity index (χ0n) is 44.5. The molecule has 16 nitrogen and oxygen atoms in total. The number of carbonyl (C=O) groups is 3. The third kappa shape index (κ3) is 14.6. The Hall–Kier alpha value is -5.79. The Morgan fingerprint density at radius 3 is 2.36 bits per heavy atom. The van der Waals surface area contributed by atoms with E-state index in [1.165, 1.54) is 22.9 Å². The van der Waals surface area contributed by atoms with E-state index in [-0.39, 0.29) is 71.4 Å². The van der Waals surface area contributed by atoms with Crippen molar-refractivity contribution in [3.05, 3.63) is 99.8 Å². The highest BCUT2D eigenvalue weighted by Crippen LogP contribution is 2.39. The zero-order valence-corrected chi connectivity index (χ0v) is 46.9. The number of nitrogens with zero attached hydrogens (tertiary/aromatic N) is 6. The minimum absolute atomic E-state index is 0.0264. The SMILES string of the molecule is Cc1cc(Nc2ncc(Cl)c(Nc3ccccc3S(=O)(=O)C(C)C)n2)c(OC(C)C)cc1C1CCN(CCCCC(=O)N=CC(C(=O)N2C[C@H](O)C[C@H]2C(=O)NCc2ccc(-c3scnc3C)cc2)C(C)(C)C)CC1. The molecule has 2 aliphatic heterocycles. The molecule has 2 saturated heterocycles. The van der Waals surface area contributed by atoms with Gasteiger partial charge in [0.1, 0.15) is 16.8 Å². The highest BCUT2D eigenvalue weighted by Gasteiger charge is 2.43. The lowest BCUT2D eigenvalue weighted by Gasteiger charge is -2.33. The summed E-state index contributed by atoms with van der Waals surface area (Å²) in [4.78, 5) is 63.6. The zero-order chi connectivity index (χ0) is 54.2. The number of nitrogens with one attached hydrogen (secondary N) is 3. The van der Waals surface area contributed by atoms with Crippen LogP contribution in [0.5, 0.6) is 5.75 Å². The number of amides is 3. The van der Waals surface area contributed by atoms with Gasteiger partial charge < -0.3 is 35.6 Å². The van der Waals surface area contributed by atoms with Crippen LogP contribution in [-0.4, -0.2) is 112 Å². The number of sulfone groups is 1. The first-order valence-corrected chi connectivity index (χ1v) is 28.6. The van der Waals surface area contributed by atoms with Crippen LogP contribution in [-0.2, 0) is 30.8 Å². The minimum atomic E-state index is -3.59. The van der Waals surface area contributed by atoms with Crippen molar-refractivity contribution in [1.29, 1.82) is 0 Å². The fourth-order valence-corrected chi connectivity index (χ4v) is 11.7. The number of aliphatic hydroxyl groups excluding tert-OH is 1. The van der Waals surface area contributed by atoms with Gasteiger partial charge in [0.15, 0.2) is 15.7 Å². The van der Waals surface area contributed by atoms with E-state index < -0.39 is 38.6 Å². The molecule has 2 aliphatic rings. The highest BCUT2D eigenvalue weighted by atomic mass is 35.5. The minimum Gasteiger partial charge on any atom is -0.489 e. The fourth-order valence-electron chi connectivity index (χ4n) is 9.53. The van der Waals surface area contributed by atoms with E-state index in [2.05, 4.69) is 59.9 Å². The number of unbranched alkanes of at least 4 members (excludes halogenated alkanes) is 1. The van der Waals surface area contributed by atoms with Crippen LogP contribution < -0.4 is 20.7 Å². The number of anilines is 4. The molecule has 0 saturated carbocycles. The summed E-state index contributed by atoms with van der Waals surface area (Å²) in [5.74, 6) is -0.261. The van der Waals surface area contributed by atoms with Crippen LogP contribution in [0, 0.1) is 25.2 Å². The maximum atomic E-state index is 14.1. The van der Waals surface area contributed by atoms with Crippen LogP contribution in [0.25, 0.3) is 10.4 Å². The number of aromatic nitrogens is 3. The monoisotopic (exact) mass is 1080 g/mol. The van der Waals surface area contributed by atoms with E-state index in [9.17, 15) is 27.9 Å². The molecule has 4 N–H and O–H groups in total. The van der Waals surface area contributed by atoms with Gasteiger partial charge in [-0.1, -0.05) is 68.8 Å². The van der Waals surface area contributed by atoms with Gasteiger partial charge in [0.05, 0.1) is 61.9 Å². The van der Waals surface area contributed by atoms with Crippen LogP contribution in [0.2, 0.25) is 5.02 Å². The van der Waals surface area contributed by atoms with Gasteiger partial charge in [-0.15, -0.1) is 11.3 Å². The Kier molecular flexibility index (Phi) is 18.9. The number of aliphatic imine (C=N–C) groups is 1. The van der Waals surface area contributed by atoms with Crippen molar-refractivity contribution in [3.63, 3.8) is 0 Å². The van der Waals surface area contributed by atoms with E-state index in [0.717, 1.165) is 66.2 Å². The molecule has 3 atom stereocenters. The van der Waals surface area contributed by atoms with Gasteiger partial charge in [0, 0.05) is 32.1 Å². The lowest BCUT2D eigenvalue weighted by Crippen LogP contribution is -2.50. The van der Waals surface area contributed by atoms with E-state index >= 15 is 0 Å². The lowest BCUT2D eigenvalue weighted by molar-refractivity contribution is -0.142. The van der Waals surface area contributed by atoms with Crippen molar-refractivity contribution < 1.29 is 32.6 Å². The van der Waals surface area contributed by atoms with Gasteiger partial charge in [-0.2, -0.15) is 4.98 Å². The number of benzene rings is 3.